The molecule has 0 bridgehead atoms. The molecular formula is C14H10ClN3O2. The molecule has 0 N–H and O–H groups in total. The van der Waals surface area contributed by atoms with Gasteiger partial charge in [0.25, 0.3) is 5.91 Å². The Morgan fingerprint density at radius 3 is 2.75 bits per heavy atom. The van der Waals surface area contributed by atoms with Crippen LogP contribution in [0.3, 0.4) is 0 Å². The zero-order chi connectivity index (χ0) is 13.7. The lowest BCUT2D eigenvalue weighted by molar-refractivity contribution is -0.0306. The van der Waals surface area contributed by atoms with Crippen LogP contribution in [0, 0.1) is 0 Å². The fraction of sp³-hybridized carbons (Fsp3) is 0.214. The molecule has 0 saturated carbocycles. The molecule has 1 amide bonds. The number of aromatic nitrogens is 2. The number of hydrogen-bond acceptors (Lipinski definition) is 4. The number of nitrogens with zero attached hydrogens (tertiary/aromatic N) is 3. The normalized spacial score (nSPS) is 23.9. The summed E-state index contributed by atoms with van der Waals surface area (Å²) >= 11 is 5.94. The van der Waals surface area contributed by atoms with Crippen molar-refractivity contribution in [3.8, 4) is 0 Å². The summed E-state index contributed by atoms with van der Waals surface area (Å²) in [5.74, 6) is -0.0673. The lowest BCUT2D eigenvalue weighted by atomic mass is 9.96. The van der Waals surface area contributed by atoms with Crippen molar-refractivity contribution in [2.45, 2.75) is 5.72 Å². The van der Waals surface area contributed by atoms with Crippen LogP contribution >= 0.6 is 11.6 Å². The van der Waals surface area contributed by atoms with Crippen LogP contribution in [0.1, 0.15) is 21.5 Å². The molecule has 2 aliphatic heterocycles. The van der Waals surface area contributed by atoms with Crippen LogP contribution in [0.5, 0.6) is 0 Å². The molecule has 1 unspecified atom stereocenters. The number of ether oxygens (including phenoxy) is 1. The maximum absolute atomic E-state index is 12.5. The molecule has 2 aliphatic rings. The van der Waals surface area contributed by atoms with Crippen molar-refractivity contribution in [2.24, 2.45) is 0 Å². The molecule has 1 aromatic heterocycles. The fourth-order valence-corrected chi connectivity index (χ4v) is 3.09. The molecule has 6 heteroatoms. The van der Waals surface area contributed by atoms with Crippen molar-refractivity contribution in [3.63, 3.8) is 0 Å². The van der Waals surface area contributed by atoms with Gasteiger partial charge in [-0.25, -0.2) is 0 Å². The quantitative estimate of drug-likeness (QED) is 0.803. The molecule has 1 fully saturated rings. The van der Waals surface area contributed by atoms with E-state index in [2.05, 4.69) is 10.2 Å². The fourth-order valence-electron chi connectivity index (χ4n) is 2.97. The highest BCUT2D eigenvalue weighted by molar-refractivity contribution is 6.30. The molecule has 0 aliphatic carbocycles. The van der Waals surface area contributed by atoms with E-state index in [0.717, 1.165) is 11.1 Å². The lowest BCUT2D eigenvalue weighted by Crippen LogP contribution is -2.40. The molecule has 1 atom stereocenters. The van der Waals surface area contributed by atoms with Crippen LogP contribution in [0.25, 0.3) is 0 Å². The molecule has 1 aromatic carbocycles. The van der Waals surface area contributed by atoms with E-state index in [0.29, 0.717) is 23.7 Å². The Kier molecular flexibility index (Phi) is 2.37. The van der Waals surface area contributed by atoms with Gasteiger partial charge < -0.3 is 4.74 Å². The number of rotatable bonds is 1. The van der Waals surface area contributed by atoms with E-state index in [1.807, 2.05) is 12.1 Å². The molecule has 4 rings (SSSR count). The summed E-state index contributed by atoms with van der Waals surface area (Å²) in [6.07, 6.45) is 3.10. The zero-order valence-electron chi connectivity index (χ0n) is 10.4. The molecular weight excluding hydrogens is 278 g/mol. The van der Waals surface area contributed by atoms with E-state index >= 15 is 0 Å². The van der Waals surface area contributed by atoms with Gasteiger partial charge in [-0.2, -0.15) is 10.2 Å². The largest absolute Gasteiger partial charge is 0.345 e. The third-order valence-corrected chi connectivity index (χ3v) is 4.06. The van der Waals surface area contributed by atoms with E-state index in [1.165, 1.54) is 6.20 Å². The number of fused-ring (bicyclic) bond motifs is 3. The Hall–Kier alpha value is -1.98. The maximum Gasteiger partial charge on any atom is 0.258 e. The molecule has 2 aromatic rings. The molecule has 1 saturated heterocycles. The first kappa shape index (κ1) is 11.8. The summed E-state index contributed by atoms with van der Waals surface area (Å²) in [7, 11) is 0. The zero-order valence-corrected chi connectivity index (χ0v) is 11.2. The van der Waals surface area contributed by atoms with Crippen molar-refractivity contribution in [2.75, 3.05) is 13.2 Å². The van der Waals surface area contributed by atoms with E-state index in [9.17, 15) is 4.79 Å². The first-order valence-corrected chi connectivity index (χ1v) is 6.64. The summed E-state index contributed by atoms with van der Waals surface area (Å²) in [6.45, 7) is 1.05. The molecule has 0 spiro atoms. The van der Waals surface area contributed by atoms with Crippen LogP contribution in [0.15, 0.2) is 36.7 Å². The number of carbonyl (C=O) groups excluding carboxylic acids is 1. The van der Waals surface area contributed by atoms with Crippen molar-refractivity contribution >= 4 is 17.5 Å². The summed E-state index contributed by atoms with van der Waals surface area (Å²) in [4.78, 5) is 14.2. The number of halogens is 1. The monoisotopic (exact) mass is 287 g/mol. The number of hydrogen-bond donors (Lipinski definition) is 0. The molecule has 5 nitrogen and oxygen atoms in total. The Labute approximate surface area is 120 Å². The smallest absolute Gasteiger partial charge is 0.258 e. The van der Waals surface area contributed by atoms with Crippen LogP contribution in [0.4, 0.5) is 0 Å². The van der Waals surface area contributed by atoms with Crippen molar-refractivity contribution < 1.29 is 9.53 Å². The van der Waals surface area contributed by atoms with Crippen LogP contribution < -0.4 is 0 Å². The lowest BCUT2D eigenvalue weighted by Gasteiger charge is -2.31. The van der Waals surface area contributed by atoms with Crippen molar-refractivity contribution in [1.82, 2.24) is 15.1 Å². The number of benzene rings is 1. The second-order valence-electron chi connectivity index (χ2n) is 4.77. The summed E-state index contributed by atoms with van der Waals surface area (Å²) in [6, 6.07) is 7.35. The SMILES string of the molecule is O=C1c2cnncc2C2(c3ccc(Cl)cc3)OCCN12. The Bertz CT molecular complexity index is 704. The topological polar surface area (TPSA) is 55.3 Å². The van der Waals surface area contributed by atoms with Gasteiger partial charge in [0.1, 0.15) is 0 Å². The Morgan fingerprint density at radius 1 is 1.20 bits per heavy atom. The number of amides is 1. The Balaban J connectivity index is 1.99. The summed E-state index contributed by atoms with van der Waals surface area (Å²) in [5.41, 5.74) is 1.29. The minimum absolute atomic E-state index is 0.0673. The second kappa shape index (κ2) is 4.01. The molecule has 20 heavy (non-hydrogen) atoms. The highest BCUT2D eigenvalue weighted by atomic mass is 35.5. The van der Waals surface area contributed by atoms with E-state index in [4.69, 9.17) is 16.3 Å². The van der Waals surface area contributed by atoms with E-state index < -0.39 is 5.72 Å². The van der Waals surface area contributed by atoms with Gasteiger partial charge in [0.15, 0.2) is 5.72 Å². The highest BCUT2D eigenvalue weighted by Crippen LogP contribution is 2.47. The third-order valence-electron chi connectivity index (χ3n) is 3.81. The van der Waals surface area contributed by atoms with Gasteiger partial charge in [-0.1, -0.05) is 23.7 Å². The summed E-state index contributed by atoms with van der Waals surface area (Å²) < 4.78 is 5.98. The minimum Gasteiger partial charge on any atom is -0.345 e. The van der Waals surface area contributed by atoms with Crippen LogP contribution in [0.2, 0.25) is 5.02 Å². The molecule has 0 radical (unpaired) electrons. The van der Waals surface area contributed by atoms with Gasteiger partial charge >= 0.3 is 0 Å². The standard InChI is InChI=1S/C14H10ClN3O2/c15-10-3-1-9(2-4-10)14-12-8-17-16-7-11(12)13(19)18(14)5-6-20-14/h1-4,7-8H,5-6H2. The van der Waals surface area contributed by atoms with Gasteiger partial charge in [-0.05, 0) is 12.1 Å². The molecule has 3 heterocycles. The second-order valence-corrected chi connectivity index (χ2v) is 5.21. The van der Waals surface area contributed by atoms with Gasteiger partial charge in [0.2, 0.25) is 0 Å². The van der Waals surface area contributed by atoms with Gasteiger partial charge in [0, 0.05) is 22.7 Å². The van der Waals surface area contributed by atoms with Crippen molar-refractivity contribution in [3.05, 3.63) is 58.4 Å². The third kappa shape index (κ3) is 1.34. The maximum atomic E-state index is 12.5. The van der Waals surface area contributed by atoms with Crippen molar-refractivity contribution in [1.29, 1.82) is 0 Å². The van der Waals surface area contributed by atoms with Crippen LogP contribution in [-0.2, 0) is 10.5 Å². The predicted molar refractivity (Wildman–Crippen MR) is 71.3 cm³/mol. The first-order chi connectivity index (χ1) is 9.73. The van der Waals surface area contributed by atoms with Gasteiger partial charge in [0.05, 0.1) is 24.6 Å². The first-order valence-electron chi connectivity index (χ1n) is 6.26. The van der Waals surface area contributed by atoms with Crippen LogP contribution in [-0.4, -0.2) is 34.2 Å². The highest BCUT2D eigenvalue weighted by Gasteiger charge is 2.55. The summed E-state index contributed by atoms with van der Waals surface area (Å²) in [5, 5.41) is 8.35. The van der Waals surface area contributed by atoms with Gasteiger partial charge in [-0.15, -0.1) is 0 Å². The number of carbonyl (C=O) groups is 1. The van der Waals surface area contributed by atoms with E-state index in [1.54, 1.807) is 23.2 Å². The Morgan fingerprint density at radius 2 is 1.95 bits per heavy atom. The average Bonchev–Trinajstić information content (AvgIpc) is 3.01. The minimum atomic E-state index is -0.882. The van der Waals surface area contributed by atoms with Gasteiger partial charge in [-0.3, -0.25) is 9.69 Å². The predicted octanol–water partition coefficient (Wildman–Crippen LogP) is 1.82. The molecule has 100 valence electrons. The van der Waals surface area contributed by atoms with E-state index in [-0.39, 0.29) is 5.91 Å². The average molecular weight is 288 g/mol.